The predicted molar refractivity (Wildman–Crippen MR) is 45.2 cm³/mol. The smallest absolute Gasteiger partial charge is 0.163 e. The molecule has 0 saturated carbocycles. The minimum absolute atomic E-state index is 0.0950. The van der Waals surface area contributed by atoms with E-state index in [0.717, 1.165) is 5.56 Å². The molecule has 0 aliphatic rings. The van der Waals surface area contributed by atoms with E-state index in [1.54, 1.807) is 13.2 Å². The first-order valence-corrected chi connectivity index (χ1v) is 3.65. The summed E-state index contributed by atoms with van der Waals surface area (Å²) in [6, 6.07) is 3.28. The largest absolute Gasteiger partial charge is 0.504 e. The lowest BCUT2D eigenvalue weighted by Crippen LogP contribution is -1.89. The van der Waals surface area contributed by atoms with Gasteiger partial charge in [0.25, 0.3) is 0 Å². The van der Waals surface area contributed by atoms with Gasteiger partial charge in [0, 0.05) is 12.7 Å². The molecule has 0 atom stereocenters. The van der Waals surface area contributed by atoms with Gasteiger partial charge in [-0.1, -0.05) is 0 Å². The van der Waals surface area contributed by atoms with Crippen molar-refractivity contribution in [2.75, 3.05) is 7.11 Å². The van der Waals surface area contributed by atoms with Crippen LogP contribution in [0.3, 0.4) is 0 Å². The lowest BCUT2D eigenvalue weighted by atomic mass is 10.1. The third-order valence-corrected chi connectivity index (χ3v) is 1.61. The van der Waals surface area contributed by atoms with Gasteiger partial charge in [0.1, 0.15) is 0 Å². The van der Waals surface area contributed by atoms with Gasteiger partial charge in [-0.2, -0.15) is 0 Å². The number of aryl methyl sites for hydroxylation is 1. The van der Waals surface area contributed by atoms with Crippen molar-refractivity contribution in [2.24, 2.45) is 0 Å². The molecule has 0 aromatic heterocycles. The number of ether oxygens (including phenoxy) is 1. The third-order valence-electron chi connectivity index (χ3n) is 1.61. The zero-order chi connectivity index (χ0) is 9.14. The van der Waals surface area contributed by atoms with E-state index in [1.165, 1.54) is 6.07 Å². The van der Waals surface area contributed by atoms with E-state index >= 15 is 0 Å². The minimum atomic E-state index is -0.0953. The van der Waals surface area contributed by atoms with Crippen LogP contribution < -0.4 is 0 Å². The van der Waals surface area contributed by atoms with Crippen LogP contribution in [0.5, 0.6) is 11.5 Å². The molecule has 1 aromatic carbocycles. The van der Waals surface area contributed by atoms with Gasteiger partial charge in [-0.05, 0) is 24.6 Å². The van der Waals surface area contributed by atoms with Crippen molar-refractivity contribution in [1.82, 2.24) is 0 Å². The molecule has 0 fully saturated rings. The van der Waals surface area contributed by atoms with E-state index in [1.807, 2.05) is 6.92 Å². The number of benzene rings is 1. The van der Waals surface area contributed by atoms with Gasteiger partial charge in [0.15, 0.2) is 11.5 Å². The average Bonchev–Trinajstić information content (AvgIpc) is 2.00. The van der Waals surface area contributed by atoms with Crippen LogP contribution in [0.25, 0.3) is 0 Å². The summed E-state index contributed by atoms with van der Waals surface area (Å²) in [6.45, 7) is 2.15. The molecule has 0 aliphatic heterocycles. The van der Waals surface area contributed by atoms with Crippen LogP contribution in [-0.2, 0) is 11.3 Å². The fourth-order valence-corrected chi connectivity index (χ4v) is 1.10. The Bertz CT molecular complexity index is 281. The Kier molecular flexibility index (Phi) is 2.55. The summed E-state index contributed by atoms with van der Waals surface area (Å²) in [5.41, 5.74) is 1.51. The van der Waals surface area contributed by atoms with E-state index in [0.29, 0.717) is 12.2 Å². The summed E-state index contributed by atoms with van der Waals surface area (Å²) in [4.78, 5) is 0. The first kappa shape index (κ1) is 8.87. The summed E-state index contributed by atoms with van der Waals surface area (Å²) in [5, 5.41) is 18.5. The van der Waals surface area contributed by atoms with Crippen LogP contribution >= 0.6 is 0 Å². The van der Waals surface area contributed by atoms with E-state index in [4.69, 9.17) is 4.74 Å². The molecule has 0 radical (unpaired) electrons. The minimum Gasteiger partial charge on any atom is -0.504 e. The second-order valence-electron chi connectivity index (χ2n) is 2.72. The van der Waals surface area contributed by atoms with Crippen LogP contribution in [0.15, 0.2) is 12.1 Å². The highest BCUT2D eigenvalue weighted by atomic mass is 16.5. The Morgan fingerprint density at radius 3 is 2.58 bits per heavy atom. The lowest BCUT2D eigenvalue weighted by molar-refractivity contribution is 0.181. The number of hydrogen-bond acceptors (Lipinski definition) is 3. The molecule has 0 spiro atoms. The van der Waals surface area contributed by atoms with Crippen molar-refractivity contribution in [3.63, 3.8) is 0 Å². The number of rotatable bonds is 2. The highest BCUT2D eigenvalue weighted by molar-refractivity contribution is 5.46. The standard InChI is InChI=1S/C9H12O3/c1-6-3-7(5-12-2)9(11)8(10)4-6/h3-4,10-11H,5H2,1-2H3. The normalized spacial score (nSPS) is 10.2. The fourth-order valence-electron chi connectivity index (χ4n) is 1.10. The van der Waals surface area contributed by atoms with Gasteiger partial charge in [-0.3, -0.25) is 0 Å². The maximum Gasteiger partial charge on any atom is 0.163 e. The highest BCUT2D eigenvalue weighted by Crippen LogP contribution is 2.30. The van der Waals surface area contributed by atoms with Crippen molar-refractivity contribution < 1.29 is 14.9 Å². The third kappa shape index (κ3) is 1.68. The molecule has 1 rings (SSSR count). The number of phenols is 2. The Morgan fingerprint density at radius 1 is 1.33 bits per heavy atom. The maximum absolute atomic E-state index is 9.32. The van der Waals surface area contributed by atoms with Crippen molar-refractivity contribution in [3.8, 4) is 11.5 Å². The highest BCUT2D eigenvalue weighted by Gasteiger charge is 2.06. The Balaban J connectivity index is 3.09. The topological polar surface area (TPSA) is 49.7 Å². The lowest BCUT2D eigenvalue weighted by Gasteiger charge is -2.06. The molecule has 0 aliphatic carbocycles. The maximum atomic E-state index is 9.32. The summed E-state index contributed by atoms with van der Waals surface area (Å²) < 4.78 is 4.85. The monoisotopic (exact) mass is 168 g/mol. The van der Waals surface area contributed by atoms with Crippen LogP contribution in [0.2, 0.25) is 0 Å². The molecule has 3 nitrogen and oxygen atoms in total. The second-order valence-corrected chi connectivity index (χ2v) is 2.72. The van der Waals surface area contributed by atoms with Gasteiger partial charge in [0.05, 0.1) is 6.61 Å². The van der Waals surface area contributed by atoms with Gasteiger partial charge in [-0.25, -0.2) is 0 Å². The number of hydrogen-bond donors (Lipinski definition) is 2. The molecule has 66 valence electrons. The van der Waals surface area contributed by atoms with Crippen LogP contribution in [-0.4, -0.2) is 17.3 Å². The van der Waals surface area contributed by atoms with E-state index < -0.39 is 0 Å². The molecule has 12 heavy (non-hydrogen) atoms. The quantitative estimate of drug-likeness (QED) is 0.659. The summed E-state index contributed by atoms with van der Waals surface area (Å²) in [6.07, 6.45) is 0. The van der Waals surface area contributed by atoms with Crippen LogP contribution in [0.1, 0.15) is 11.1 Å². The van der Waals surface area contributed by atoms with Crippen molar-refractivity contribution >= 4 is 0 Å². The molecule has 3 heteroatoms. The molecular weight excluding hydrogens is 156 g/mol. The molecule has 0 amide bonds. The van der Waals surface area contributed by atoms with Gasteiger partial charge < -0.3 is 14.9 Å². The fraction of sp³-hybridized carbons (Fsp3) is 0.333. The zero-order valence-corrected chi connectivity index (χ0v) is 7.16. The Labute approximate surface area is 71.2 Å². The summed E-state index contributed by atoms with van der Waals surface area (Å²) in [5.74, 6) is -0.190. The SMILES string of the molecule is COCc1cc(C)cc(O)c1O. The molecular formula is C9H12O3. The molecule has 0 unspecified atom stereocenters. The van der Waals surface area contributed by atoms with E-state index in [9.17, 15) is 10.2 Å². The van der Waals surface area contributed by atoms with Crippen molar-refractivity contribution in [3.05, 3.63) is 23.3 Å². The zero-order valence-electron chi connectivity index (χ0n) is 7.16. The van der Waals surface area contributed by atoms with Crippen molar-refractivity contribution in [2.45, 2.75) is 13.5 Å². The predicted octanol–water partition coefficient (Wildman–Crippen LogP) is 1.55. The molecule has 2 N–H and O–H groups in total. The first-order valence-electron chi connectivity index (χ1n) is 3.65. The summed E-state index contributed by atoms with van der Waals surface area (Å²) >= 11 is 0. The first-order chi connectivity index (χ1) is 5.65. The summed E-state index contributed by atoms with van der Waals surface area (Å²) in [7, 11) is 1.54. The number of phenolic OH excluding ortho intramolecular Hbond substituents is 2. The number of methoxy groups -OCH3 is 1. The average molecular weight is 168 g/mol. The van der Waals surface area contributed by atoms with Crippen molar-refractivity contribution in [1.29, 1.82) is 0 Å². The van der Waals surface area contributed by atoms with Crippen LogP contribution in [0.4, 0.5) is 0 Å². The van der Waals surface area contributed by atoms with Gasteiger partial charge >= 0.3 is 0 Å². The van der Waals surface area contributed by atoms with Crippen LogP contribution in [0, 0.1) is 6.92 Å². The molecule has 1 aromatic rings. The van der Waals surface area contributed by atoms with Gasteiger partial charge in [0.2, 0.25) is 0 Å². The molecule has 0 bridgehead atoms. The number of aromatic hydroxyl groups is 2. The Hall–Kier alpha value is -1.22. The second kappa shape index (κ2) is 3.45. The Morgan fingerprint density at radius 2 is 2.00 bits per heavy atom. The van der Waals surface area contributed by atoms with E-state index in [2.05, 4.69) is 0 Å². The molecule has 0 saturated heterocycles. The van der Waals surface area contributed by atoms with Gasteiger partial charge in [-0.15, -0.1) is 0 Å². The molecule has 0 heterocycles. The van der Waals surface area contributed by atoms with E-state index in [-0.39, 0.29) is 11.5 Å².